The highest BCUT2D eigenvalue weighted by atomic mass is 19.1. The molecule has 6 nitrogen and oxygen atoms in total. The molecule has 4 aromatic rings. The number of benzene rings is 1. The molecule has 0 radical (unpaired) electrons. The second-order valence-electron chi connectivity index (χ2n) is 9.38. The number of pyridine rings is 1. The zero-order valence-corrected chi connectivity index (χ0v) is 18.4. The van der Waals surface area contributed by atoms with Crippen LogP contribution in [0, 0.1) is 24.0 Å². The summed E-state index contributed by atoms with van der Waals surface area (Å²) < 4.78 is 34.5. The van der Waals surface area contributed by atoms with Crippen LogP contribution in [0.5, 0.6) is 0 Å². The first-order chi connectivity index (χ1) is 15.8. The van der Waals surface area contributed by atoms with Gasteiger partial charge in [-0.25, -0.2) is 13.8 Å². The molecular weight excluding hydrogens is 424 g/mol. The van der Waals surface area contributed by atoms with E-state index in [2.05, 4.69) is 34.2 Å². The molecule has 8 heteroatoms. The van der Waals surface area contributed by atoms with E-state index in [0.29, 0.717) is 17.5 Å². The lowest BCUT2D eigenvalue weighted by Crippen LogP contribution is -2.37. The van der Waals surface area contributed by atoms with E-state index in [1.54, 1.807) is 6.92 Å². The third-order valence-corrected chi connectivity index (χ3v) is 7.53. The second-order valence-corrected chi connectivity index (χ2v) is 9.38. The lowest BCUT2D eigenvalue weighted by molar-refractivity contribution is 0.243. The summed E-state index contributed by atoms with van der Waals surface area (Å²) in [5.41, 5.74) is 2.66. The average molecular weight is 445 g/mol. The zero-order valence-electron chi connectivity index (χ0n) is 18.4. The Morgan fingerprint density at radius 3 is 2.42 bits per heavy atom. The summed E-state index contributed by atoms with van der Waals surface area (Å²) in [6.45, 7) is 6.16. The fourth-order valence-electron chi connectivity index (χ4n) is 5.95. The Kier molecular flexibility index (Phi) is 4.09. The third kappa shape index (κ3) is 2.60. The van der Waals surface area contributed by atoms with E-state index in [-0.39, 0.29) is 22.6 Å². The summed E-state index contributed by atoms with van der Waals surface area (Å²) >= 11 is 0. The molecule has 1 fully saturated rings. The summed E-state index contributed by atoms with van der Waals surface area (Å²) in [4.78, 5) is 4.93. The molecule has 2 atom stereocenters. The molecule has 3 aromatic heterocycles. The molecule has 0 spiro atoms. The van der Waals surface area contributed by atoms with Crippen LogP contribution in [-0.2, 0) is 5.41 Å². The Bertz CT molecular complexity index is 1400. The highest BCUT2D eigenvalue weighted by Crippen LogP contribution is 2.69. The van der Waals surface area contributed by atoms with Gasteiger partial charge >= 0.3 is 0 Å². The number of aromatic nitrogens is 5. The van der Waals surface area contributed by atoms with Crippen molar-refractivity contribution < 1.29 is 13.2 Å². The van der Waals surface area contributed by atoms with E-state index in [1.807, 2.05) is 24.3 Å². The van der Waals surface area contributed by atoms with Gasteiger partial charge in [-0.1, -0.05) is 26.0 Å². The molecule has 0 N–H and O–H groups in total. The normalized spacial score (nSPS) is 22.5. The number of halogens is 2. The monoisotopic (exact) mass is 445 g/mol. The topological polar surface area (TPSA) is 77.6 Å². The Labute approximate surface area is 189 Å². The van der Waals surface area contributed by atoms with Crippen molar-refractivity contribution in [3.63, 3.8) is 0 Å². The van der Waals surface area contributed by atoms with Crippen LogP contribution in [0.15, 0.2) is 46.9 Å². The third-order valence-electron chi connectivity index (χ3n) is 7.53. The van der Waals surface area contributed by atoms with Crippen molar-refractivity contribution in [2.75, 3.05) is 0 Å². The van der Waals surface area contributed by atoms with Crippen molar-refractivity contribution in [1.29, 1.82) is 0 Å². The maximum absolute atomic E-state index is 14.4. The van der Waals surface area contributed by atoms with Gasteiger partial charge in [-0.05, 0) is 60.1 Å². The first-order valence-electron chi connectivity index (χ1n) is 10.9. The van der Waals surface area contributed by atoms with Gasteiger partial charge in [0.05, 0.1) is 28.1 Å². The van der Waals surface area contributed by atoms with E-state index in [4.69, 9.17) is 9.40 Å². The van der Waals surface area contributed by atoms with Gasteiger partial charge in [-0.2, -0.15) is 5.10 Å². The summed E-state index contributed by atoms with van der Waals surface area (Å²) in [6, 6.07) is 11.4. The molecule has 33 heavy (non-hydrogen) atoms. The lowest BCUT2D eigenvalue weighted by Gasteiger charge is -2.37. The van der Waals surface area contributed by atoms with Crippen LogP contribution >= 0.6 is 0 Å². The van der Waals surface area contributed by atoms with Gasteiger partial charge in [0.15, 0.2) is 0 Å². The van der Waals surface area contributed by atoms with Crippen LogP contribution in [0.4, 0.5) is 8.78 Å². The Morgan fingerprint density at radius 2 is 1.70 bits per heavy atom. The summed E-state index contributed by atoms with van der Waals surface area (Å²) in [5, 5.41) is 16.9. The van der Waals surface area contributed by atoms with Crippen molar-refractivity contribution in [2.24, 2.45) is 5.41 Å². The fraction of sp³-hybridized carbons (Fsp3) is 0.320. The Morgan fingerprint density at radius 1 is 0.939 bits per heavy atom. The van der Waals surface area contributed by atoms with Crippen LogP contribution in [0.1, 0.15) is 55.4 Å². The zero-order chi connectivity index (χ0) is 23.0. The molecule has 0 amide bonds. The molecule has 0 saturated heterocycles. The number of nitrogens with zero attached hydrogens (tertiary/aromatic N) is 5. The number of fused-ring (bicyclic) bond motifs is 5. The molecule has 166 valence electrons. The van der Waals surface area contributed by atoms with Gasteiger partial charge in [0.2, 0.25) is 5.89 Å². The van der Waals surface area contributed by atoms with Crippen LogP contribution in [0.25, 0.3) is 22.8 Å². The van der Waals surface area contributed by atoms with Crippen molar-refractivity contribution in [3.8, 4) is 22.8 Å². The van der Waals surface area contributed by atoms with E-state index in [1.165, 1.54) is 18.2 Å². The molecule has 1 aromatic carbocycles. The molecule has 3 heterocycles. The standard InChI is InChI=1S/C25H21F2N5O/c1-13-29-32-23(33-13)18-8-5-9-20(28-18)25-11-10-15(24(25,2)3)14-12-19(30-31-22(14)25)21-16(26)6-4-7-17(21)27/h4-9,12,15H,10-11H2,1-3H3/t15-,25+/m0/s1. The van der Waals surface area contributed by atoms with E-state index in [0.717, 1.165) is 29.8 Å². The average Bonchev–Trinajstić information content (AvgIpc) is 3.40. The van der Waals surface area contributed by atoms with E-state index >= 15 is 0 Å². The van der Waals surface area contributed by atoms with E-state index < -0.39 is 17.0 Å². The maximum Gasteiger partial charge on any atom is 0.266 e. The minimum absolute atomic E-state index is 0.144. The molecule has 6 rings (SSSR count). The van der Waals surface area contributed by atoms with Crippen LogP contribution in [-0.4, -0.2) is 25.4 Å². The molecule has 2 aliphatic rings. The Balaban J connectivity index is 1.53. The molecule has 1 saturated carbocycles. The van der Waals surface area contributed by atoms with Crippen molar-refractivity contribution in [2.45, 2.75) is 44.9 Å². The molecule has 2 bridgehead atoms. The predicted molar refractivity (Wildman–Crippen MR) is 116 cm³/mol. The van der Waals surface area contributed by atoms with E-state index in [9.17, 15) is 8.78 Å². The minimum Gasteiger partial charge on any atom is -0.420 e. The lowest BCUT2D eigenvalue weighted by atomic mass is 9.66. The first kappa shape index (κ1) is 20.1. The van der Waals surface area contributed by atoms with Crippen LogP contribution in [0.3, 0.4) is 0 Å². The van der Waals surface area contributed by atoms with Gasteiger partial charge in [0, 0.05) is 6.92 Å². The molecule has 0 unspecified atom stereocenters. The van der Waals surface area contributed by atoms with Crippen LogP contribution in [0.2, 0.25) is 0 Å². The molecular formula is C25H21F2N5O. The minimum atomic E-state index is -0.648. The SMILES string of the molecule is Cc1nnc(-c2cccc([C@]34CC[C@@H](c5cc(-c6c(F)cccc6F)nnc53)C4(C)C)n2)o1. The van der Waals surface area contributed by atoms with Gasteiger partial charge in [-0.3, -0.25) is 0 Å². The van der Waals surface area contributed by atoms with Crippen molar-refractivity contribution in [3.05, 3.63) is 76.9 Å². The van der Waals surface area contributed by atoms with Crippen LogP contribution < -0.4 is 0 Å². The number of hydrogen-bond donors (Lipinski definition) is 0. The summed E-state index contributed by atoms with van der Waals surface area (Å²) in [7, 11) is 0. The largest absolute Gasteiger partial charge is 0.420 e. The summed E-state index contributed by atoms with van der Waals surface area (Å²) in [6.07, 6.45) is 1.79. The van der Waals surface area contributed by atoms with Gasteiger partial charge in [0.1, 0.15) is 17.3 Å². The van der Waals surface area contributed by atoms with Crippen molar-refractivity contribution in [1.82, 2.24) is 25.4 Å². The number of aryl methyl sites for hydroxylation is 1. The van der Waals surface area contributed by atoms with Gasteiger partial charge in [-0.15, -0.1) is 15.3 Å². The molecule has 2 aliphatic carbocycles. The fourth-order valence-corrected chi connectivity index (χ4v) is 5.95. The van der Waals surface area contributed by atoms with Gasteiger partial charge < -0.3 is 4.42 Å². The van der Waals surface area contributed by atoms with Gasteiger partial charge in [0.25, 0.3) is 5.89 Å². The number of hydrogen-bond acceptors (Lipinski definition) is 6. The highest BCUT2D eigenvalue weighted by Gasteiger charge is 2.65. The quantitative estimate of drug-likeness (QED) is 0.421. The second kappa shape index (κ2) is 6.73. The maximum atomic E-state index is 14.4. The Hall–Kier alpha value is -3.55. The molecule has 0 aliphatic heterocycles. The van der Waals surface area contributed by atoms with Crippen molar-refractivity contribution >= 4 is 0 Å². The summed E-state index contributed by atoms with van der Waals surface area (Å²) in [5.74, 6) is -0.279. The smallest absolute Gasteiger partial charge is 0.266 e. The predicted octanol–water partition coefficient (Wildman–Crippen LogP) is 5.38. The number of rotatable bonds is 3. The first-order valence-corrected chi connectivity index (χ1v) is 10.9. The highest BCUT2D eigenvalue weighted by molar-refractivity contribution is 5.64.